The van der Waals surface area contributed by atoms with Crippen molar-refractivity contribution in [2.75, 3.05) is 33.3 Å². The van der Waals surface area contributed by atoms with Crippen LogP contribution >= 0.6 is 0 Å². The third-order valence-corrected chi connectivity index (χ3v) is 4.53. The van der Waals surface area contributed by atoms with Crippen LogP contribution in [0.5, 0.6) is 0 Å². The number of hydrogen-bond donors (Lipinski definition) is 1. The van der Waals surface area contributed by atoms with Gasteiger partial charge in [0.25, 0.3) is 0 Å². The SMILES string of the molecule is CNC(C)C1CCN(CC2CCCCO2)CC1. The molecule has 0 saturated carbocycles. The average molecular weight is 240 g/mol. The Kier molecular flexibility index (Phi) is 5.26. The lowest BCUT2D eigenvalue weighted by molar-refractivity contribution is -0.0120. The maximum atomic E-state index is 5.82. The molecule has 0 aromatic rings. The second-order valence-electron chi connectivity index (χ2n) is 5.70. The predicted molar refractivity (Wildman–Crippen MR) is 71.3 cm³/mol. The van der Waals surface area contributed by atoms with Crippen LogP contribution in [-0.4, -0.2) is 50.3 Å². The molecular formula is C14H28N2O. The average Bonchev–Trinajstić information content (AvgIpc) is 2.40. The Labute approximate surface area is 106 Å². The number of nitrogens with zero attached hydrogens (tertiary/aromatic N) is 1. The molecule has 1 N–H and O–H groups in total. The zero-order valence-electron chi connectivity index (χ0n) is 11.5. The first kappa shape index (κ1) is 13.3. The van der Waals surface area contributed by atoms with Gasteiger partial charge in [0.15, 0.2) is 0 Å². The summed E-state index contributed by atoms with van der Waals surface area (Å²) in [5.41, 5.74) is 0. The number of likely N-dealkylation sites (tertiary alicyclic amines) is 1. The number of piperidine rings is 1. The minimum Gasteiger partial charge on any atom is -0.377 e. The van der Waals surface area contributed by atoms with Gasteiger partial charge in [-0.2, -0.15) is 0 Å². The molecular weight excluding hydrogens is 212 g/mol. The lowest BCUT2D eigenvalue weighted by Gasteiger charge is -2.37. The summed E-state index contributed by atoms with van der Waals surface area (Å²) in [5, 5.41) is 3.39. The highest BCUT2D eigenvalue weighted by Gasteiger charge is 2.25. The maximum Gasteiger partial charge on any atom is 0.0702 e. The molecule has 2 aliphatic heterocycles. The van der Waals surface area contributed by atoms with Gasteiger partial charge in [0.2, 0.25) is 0 Å². The third kappa shape index (κ3) is 3.94. The standard InChI is InChI=1S/C14H28N2O/c1-12(15-2)13-6-8-16(9-7-13)11-14-5-3-4-10-17-14/h12-15H,3-11H2,1-2H3. The Hall–Kier alpha value is -0.120. The topological polar surface area (TPSA) is 24.5 Å². The maximum absolute atomic E-state index is 5.82. The Balaban J connectivity index is 1.67. The minimum atomic E-state index is 0.516. The van der Waals surface area contributed by atoms with Crippen molar-refractivity contribution in [2.45, 2.75) is 51.2 Å². The van der Waals surface area contributed by atoms with Gasteiger partial charge in [-0.05, 0) is 65.1 Å². The van der Waals surface area contributed by atoms with E-state index in [2.05, 4.69) is 24.2 Å². The molecule has 0 aromatic heterocycles. The molecule has 0 aromatic carbocycles. The molecule has 0 bridgehead atoms. The van der Waals surface area contributed by atoms with E-state index in [1.165, 1.54) is 51.7 Å². The van der Waals surface area contributed by atoms with Crippen molar-refractivity contribution >= 4 is 0 Å². The normalized spacial score (nSPS) is 30.4. The van der Waals surface area contributed by atoms with Crippen molar-refractivity contribution in [1.29, 1.82) is 0 Å². The van der Waals surface area contributed by atoms with E-state index in [4.69, 9.17) is 4.74 Å². The fourth-order valence-corrected chi connectivity index (χ4v) is 3.11. The van der Waals surface area contributed by atoms with Gasteiger partial charge in [0.1, 0.15) is 0 Å². The number of rotatable bonds is 4. The van der Waals surface area contributed by atoms with Crippen molar-refractivity contribution < 1.29 is 4.74 Å². The van der Waals surface area contributed by atoms with E-state index in [-0.39, 0.29) is 0 Å². The summed E-state index contributed by atoms with van der Waals surface area (Å²) in [4.78, 5) is 2.61. The molecule has 2 saturated heterocycles. The molecule has 2 fully saturated rings. The smallest absolute Gasteiger partial charge is 0.0702 e. The first-order valence-electron chi connectivity index (χ1n) is 7.31. The van der Waals surface area contributed by atoms with Crippen LogP contribution < -0.4 is 5.32 Å². The summed E-state index contributed by atoms with van der Waals surface area (Å²) in [6.45, 7) is 6.98. The second-order valence-corrected chi connectivity index (χ2v) is 5.70. The molecule has 2 heterocycles. The predicted octanol–water partition coefficient (Wildman–Crippen LogP) is 1.88. The van der Waals surface area contributed by atoms with E-state index in [0.29, 0.717) is 12.1 Å². The number of ether oxygens (including phenoxy) is 1. The van der Waals surface area contributed by atoms with Crippen molar-refractivity contribution in [3.8, 4) is 0 Å². The Bertz CT molecular complexity index is 208. The van der Waals surface area contributed by atoms with Crippen LogP contribution in [0.1, 0.15) is 39.0 Å². The van der Waals surface area contributed by atoms with Crippen LogP contribution in [0.4, 0.5) is 0 Å². The van der Waals surface area contributed by atoms with E-state index in [1.54, 1.807) is 0 Å². The van der Waals surface area contributed by atoms with Crippen LogP contribution in [0.3, 0.4) is 0 Å². The summed E-state index contributed by atoms with van der Waals surface area (Å²) in [5.74, 6) is 0.864. The van der Waals surface area contributed by atoms with E-state index in [9.17, 15) is 0 Å². The fourth-order valence-electron chi connectivity index (χ4n) is 3.11. The zero-order valence-corrected chi connectivity index (χ0v) is 11.5. The minimum absolute atomic E-state index is 0.516. The summed E-state index contributed by atoms with van der Waals surface area (Å²) in [6, 6.07) is 0.670. The molecule has 0 radical (unpaired) electrons. The van der Waals surface area contributed by atoms with Crippen LogP contribution in [0.15, 0.2) is 0 Å². The lowest BCUT2D eigenvalue weighted by Crippen LogP contribution is -2.44. The largest absolute Gasteiger partial charge is 0.377 e. The second kappa shape index (κ2) is 6.72. The fraction of sp³-hybridized carbons (Fsp3) is 1.00. The number of hydrogen-bond acceptors (Lipinski definition) is 3. The first-order valence-corrected chi connectivity index (χ1v) is 7.31. The first-order chi connectivity index (χ1) is 8.29. The van der Waals surface area contributed by atoms with E-state index in [1.807, 2.05) is 0 Å². The zero-order chi connectivity index (χ0) is 12.1. The van der Waals surface area contributed by atoms with E-state index in [0.717, 1.165) is 12.5 Å². The molecule has 2 atom stereocenters. The summed E-state index contributed by atoms with van der Waals surface area (Å²) >= 11 is 0. The molecule has 3 nitrogen and oxygen atoms in total. The van der Waals surface area contributed by atoms with E-state index < -0.39 is 0 Å². The molecule has 0 aliphatic carbocycles. The summed E-state index contributed by atoms with van der Waals surface area (Å²) in [7, 11) is 2.08. The van der Waals surface area contributed by atoms with Crippen molar-refractivity contribution in [3.63, 3.8) is 0 Å². The van der Waals surface area contributed by atoms with Gasteiger partial charge in [0.05, 0.1) is 6.10 Å². The number of nitrogens with one attached hydrogen (secondary N) is 1. The van der Waals surface area contributed by atoms with Crippen molar-refractivity contribution in [3.05, 3.63) is 0 Å². The van der Waals surface area contributed by atoms with Crippen LogP contribution in [0.2, 0.25) is 0 Å². The van der Waals surface area contributed by atoms with Crippen LogP contribution in [0.25, 0.3) is 0 Å². The monoisotopic (exact) mass is 240 g/mol. The molecule has 17 heavy (non-hydrogen) atoms. The van der Waals surface area contributed by atoms with Gasteiger partial charge in [-0.3, -0.25) is 0 Å². The van der Waals surface area contributed by atoms with Gasteiger partial charge in [0, 0.05) is 19.2 Å². The van der Waals surface area contributed by atoms with Gasteiger partial charge >= 0.3 is 0 Å². The molecule has 2 unspecified atom stereocenters. The van der Waals surface area contributed by atoms with Gasteiger partial charge in [-0.15, -0.1) is 0 Å². The Morgan fingerprint density at radius 2 is 2.00 bits per heavy atom. The van der Waals surface area contributed by atoms with Crippen molar-refractivity contribution in [2.24, 2.45) is 5.92 Å². The highest BCUT2D eigenvalue weighted by molar-refractivity contribution is 4.80. The van der Waals surface area contributed by atoms with Gasteiger partial charge in [-0.1, -0.05) is 0 Å². The summed E-state index contributed by atoms with van der Waals surface area (Å²) in [6.07, 6.45) is 7.09. The van der Waals surface area contributed by atoms with Crippen LogP contribution in [0, 0.1) is 5.92 Å². The van der Waals surface area contributed by atoms with Gasteiger partial charge < -0.3 is 15.0 Å². The molecule has 3 heteroatoms. The quantitative estimate of drug-likeness (QED) is 0.812. The lowest BCUT2D eigenvalue weighted by atomic mass is 9.90. The summed E-state index contributed by atoms with van der Waals surface area (Å²) < 4.78 is 5.82. The molecule has 2 rings (SSSR count). The molecule has 2 aliphatic rings. The molecule has 0 amide bonds. The highest BCUT2D eigenvalue weighted by Crippen LogP contribution is 2.22. The highest BCUT2D eigenvalue weighted by atomic mass is 16.5. The van der Waals surface area contributed by atoms with Gasteiger partial charge in [-0.25, -0.2) is 0 Å². The van der Waals surface area contributed by atoms with E-state index >= 15 is 0 Å². The molecule has 0 spiro atoms. The molecule has 100 valence electrons. The van der Waals surface area contributed by atoms with Crippen LogP contribution in [-0.2, 0) is 4.74 Å². The van der Waals surface area contributed by atoms with Crippen molar-refractivity contribution in [1.82, 2.24) is 10.2 Å². The Morgan fingerprint density at radius 3 is 2.59 bits per heavy atom. The third-order valence-electron chi connectivity index (χ3n) is 4.53. The Morgan fingerprint density at radius 1 is 1.24 bits per heavy atom.